The molecule has 1 aromatic heterocycles. The summed E-state index contributed by atoms with van der Waals surface area (Å²) < 4.78 is 20.3. The SMILES string of the molecule is COc1cccc(NC(=O)C(=O)Nn2c(C(=O)Nc3ccccc3F)cc3cc(Cl)ccc32)c1. The molecule has 0 saturated carbocycles. The predicted octanol–water partition coefficient (Wildman–Crippen LogP) is 4.40. The molecule has 0 unspecified atom stereocenters. The number of methoxy groups -OCH3 is 1. The first-order chi connectivity index (χ1) is 16.4. The van der Waals surface area contributed by atoms with E-state index >= 15 is 0 Å². The van der Waals surface area contributed by atoms with Crippen LogP contribution in [0.4, 0.5) is 15.8 Å². The molecule has 0 aliphatic carbocycles. The van der Waals surface area contributed by atoms with Crippen LogP contribution >= 0.6 is 11.6 Å². The third-order valence-electron chi connectivity index (χ3n) is 4.87. The van der Waals surface area contributed by atoms with Gasteiger partial charge in [-0.05, 0) is 48.5 Å². The lowest BCUT2D eigenvalue weighted by Gasteiger charge is -2.13. The van der Waals surface area contributed by atoms with Gasteiger partial charge in [0.2, 0.25) is 0 Å². The summed E-state index contributed by atoms with van der Waals surface area (Å²) in [6.07, 6.45) is 0. The minimum atomic E-state index is -1.03. The van der Waals surface area contributed by atoms with Crippen molar-refractivity contribution in [3.8, 4) is 5.75 Å². The molecule has 4 aromatic rings. The highest BCUT2D eigenvalue weighted by Crippen LogP contribution is 2.24. The van der Waals surface area contributed by atoms with Gasteiger partial charge in [-0.2, -0.15) is 0 Å². The first kappa shape index (κ1) is 22.8. The number of benzene rings is 3. The minimum absolute atomic E-state index is 0.0376. The van der Waals surface area contributed by atoms with Crippen LogP contribution in [-0.2, 0) is 9.59 Å². The average molecular weight is 481 g/mol. The van der Waals surface area contributed by atoms with E-state index < -0.39 is 23.5 Å². The number of fused-ring (bicyclic) bond motifs is 1. The zero-order valence-corrected chi connectivity index (χ0v) is 18.5. The maximum absolute atomic E-state index is 14.0. The molecule has 8 nitrogen and oxygen atoms in total. The van der Waals surface area contributed by atoms with Crippen LogP contribution < -0.4 is 20.8 Å². The largest absolute Gasteiger partial charge is 0.497 e. The fourth-order valence-corrected chi connectivity index (χ4v) is 3.44. The molecule has 172 valence electrons. The van der Waals surface area contributed by atoms with Crippen molar-refractivity contribution >= 4 is 51.6 Å². The summed E-state index contributed by atoms with van der Waals surface area (Å²) in [6, 6.07) is 18.4. The number of rotatable bonds is 5. The van der Waals surface area contributed by atoms with Crippen LogP contribution in [0.3, 0.4) is 0 Å². The number of anilines is 2. The van der Waals surface area contributed by atoms with Gasteiger partial charge in [-0.1, -0.05) is 29.8 Å². The molecular formula is C24H18ClFN4O4. The van der Waals surface area contributed by atoms with E-state index in [0.29, 0.717) is 27.4 Å². The highest BCUT2D eigenvalue weighted by molar-refractivity contribution is 6.42. The van der Waals surface area contributed by atoms with E-state index in [2.05, 4.69) is 16.1 Å². The standard InChI is InChI=1S/C24H18ClFN4O4/c1-34-17-6-4-5-16(13-17)27-23(32)24(33)29-30-20-10-9-15(25)11-14(20)12-21(30)22(31)28-19-8-3-2-7-18(19)26/h2-13H,1H3,(H,27,32)(H,28,31)(H,29,33). The van der Waals surface area contributed by atoms with E-state index in [4.69, 9.17) is 16.3 Å². The third-order valence-corrected chi connectivity index (χ3v) is 5.10. The Bertz CT molecular complexity index is 1420. The molecule has 0 bridgehead atoms. The van der Waals surface area contributed by atoms with Crippen LogP contribution in [0.25, 0.3) is 10.9 Å². The number of hydrogen-bond donors (Lipinski definition) is 3. The van der Waals surface area contributed by atoms with E-state index in [9.17, 15) is 18.8 Å². The van der Waals surface area contributed by atoms with Crippen molar-refractivity contribution in [2.75, 3.05) is 23.2 Å². The number of aromatic nitrogens is 1. The van der Waals surface area contributed by atoms with Crippen molar-refractivity contribution in [3.63, 3.8) is 0 Å². The number of nitrogens with zero attached hydrogens (tertiary/aromatic N) is 1. The Balaban J connectivity index is 1.62. The Hall–Kier alpha value is -4.37. The van der Waals surface area contributed by atoms with E-state index in [1.165, 1.54) is 31.4 Å². The van der Waals surface area contributed by atoms with Gasteiger partial charge in [-0.25, -0.2) is 9.07 Å². The minimum Gasteiger partial charge on any atom is -0.497 e. The summed E-state index contributed by atoms with van der Waals surface area (Å²) in [6.45, 7) is 0. The summed E-state index contributed by atoms with van der Waals surface area (Å²) in [5.41, 5.74) is 3.10. The zero-order chi connectivity index (χ0) is 24.2. The van der Waals surface area contributed by atoms with E-state index in [1.54, 1.807) is 48.5 Å². The maximum Gasteiger partial charge on any atom is 0.328 e. The quantitative estimate of drug-likeness (QED) is 0.368. The van der Waals surface area contributed by atoms with Crippen LogP contribution in [0.2, 0.25) is 5.02 Å². The van der Waals surface area contributed by atoms with Crippen molar-refractivity contribution in [1.82, 2.24) is 4.68 Å². The Kier molecular flexibility index (Phi) is 6.46. The van der Waals surface area contributed by atoms with E-state index in [1.807, 2.05) is 0 Å². The van der Waals surface area contributed by atoms with Crippen LogP contribution in [0.5, 0.6) is 5.75 Å². The molecule has 0 spiro atoms. The van der Waals surface area contributed by atoms with Crippen LogP contribution in [-0.4, -0.2) is 29.5 Å². The second-order valence-corrected chi connectivity index (χ2v) is 7.57. The molecule has 0 aliphatic rings. The predicted molar refractivity (Wildman–Crippen MR) is 127 cm³/mol. The van der Waals surface area contributed by atoms with Gasteiger partial charge in [0.05, 0.1) is 18.3 Å². The van der Waals surface area contributed by atoms with Gasteiger partial charge < -0.3 is 15.4 Å². The lowest BCUT2D eigenvalue weighted by atomic mass is 10.2. The van der Waals surface area contributed by atoms with Crippen molar-refractivity contribution < 1.29 is 23.5 Å². The Morgan fingerprint density at radius 3 is 2.47 bits per heavy atom. The molecule has 1 heterocycles. The average Bonchev–Trinajstić information content (AvgIpc) is 3.18. The lowest BCUT2D eigenvalue weighted by molar-refractivity contribution is -0.133. The second-order valence-electron chi connectivity index (χ2n) is 7.13. The Labute approximate surface area is 198 Å². The van der Waals surface area contributed by atoms with Crippen molar-refractivity contribution in [3.05, 3.63) is 89.3 Å². The smallest absolute Gasteiger partial charge is 0.328 e. The van der Waals surface area contributed by atoms with Crippen molar-refractivity contribution in [2.45, 2.75) is 0 Å². The molecule has 0 atom stereocenters. The number of para-hydroxylation sites is 1. The van der Waals surface area contributed by atoms with Crippen LogP contribution in [0.15, 0.2) is 72.8 Å². The third kappa shape index (κ3) is 4.84. The van der Waals surface area contributed by atoms with Crippen LogP contribution in [0.1, 0.15) is 10.5 Å². The second kappa shape index (κ2) is 9.63. The summed E-state index contributed by atoms with van der Waals surface area (Å²) in [5.74, 6) is -2.83. The number of nitrogens with one attached hydrogen (secondary N) is 3. The fraction of sp³-hybridized carbons (Fsp3) is 0.0417. The van der Waals surface area contributed by atoms with E-state index in [0.717, 1.165) is 4.68 Å². The van der Waals surface area contributed by atoms with Crippen molar-refractivity contribution in [1.29, 1.82) is 0 Å². The first-order valence-corrected chi connectivity index (χ1v) is 10.4. The lowest BCUT2D eigenvalue weighted by Crippen LogP contribution is -2.36. The first-order valence-electron chi connectivity index (χ1n) is 9.99. The zero-order valence-electron chi connectivity index (χ0n) is 17.8. The number of carbonyl (C=O) groups excluding carboxylic acids is 3. The number of amides is 3. The molecule has 34 heavy (non-hydrogen) atoms. The molecular weight excluding hydrogens is 463 g/mol. The van der Waals surface area contributed by atoms with E-state index in [-0.39, 0.29) is 11.4 Å². The highest BCUT2D eigenvalue weighted by Gasteiger charge is 2.22. The molecule has 0 saturated heterocycles. The topological polar surface area (TPSA) is 101 Å². The Morgan fingerprint density at radius 1 is 0.912 bits per heavy atom. The fourth-order valence-electron chi connectivity index (χ4n) is 3.26. The summed E-state index contributed by atoms with van der Waals surface area (Å²) in [5, 5.41) is 5.87. The van der Waals surface area contributed by atoms with Gasteiger partial charge >= 0.3 is 11.8 Å². The van der Waals surface area contributed by atoms with Gasteiger partial charge in [0.15, 0.2) is 0 Å². The van der Waals surface area contributed by atoms with Gasteiger partial charge in [0.25, 0.3) is 5.91 Å². The summed E-state index contributed by atoms with van der Waals surface area (Å²) >= 11 is 6.06. The number of halogens is 2. The molecule has 0 radical (unpaired) electrons. The molecule has 0 aliphatic heterocycles. The molecule has 4 rings (SSSR count). The van der Waals surface area contributed by atoms with Gasteiger partial charge in [0.1, 0.15) is 17.3 Å². The molecule has 3 aromatic carbocycles. The summed E-state index contributed by atoms with van der Waals surface area (Å²) in [4.78, 5) is 38.1. The normalized spacial score (nSPS) is 10.6. The monoisotopic (exact) mass is 480 g/mol. The molecule has 3 N–H and O–H groups in total. The number of carbonyl (C=O) groups is 3. The van der Waals surface area contributed by atoms with Gasteiger partial charge in [0, 0.05) is 22.2 Å². The Morgan fingerprint density at radius 2 is 1.71 bits per heavy atom. The van der Waals surface area contributed by atoms with Crippen LogP contribution in [0, 0.1) is 5.82 Å². The number of ether oxygens (including phenoxy) is 1. The van der Waals surface area contributed by atoms with Gasteiger partial charge in [-0.3, -0.25) is 19.8 Å². The molecule has 10 heteroatoms. The van der Waals surface area contributed by atoms with Gasteiger partial charge in [-0.15, -0.1) is 0 Å². The molecule has 3 amide bonds. The summed E-state index contributed by atoms with van der Waals surface area (Å²) in [7, 11) is 1.48. The number of hydrogen-bond acceptors (Lipinski definition) is 4. The highest BCUT2D eigenvalue weighted by atomic mass is 35.5. The van der Waals surface area contributed by atoms with Crippen molar-refractivity contribution in [2.24, 2.45) is 0 Å². The molecule has 0 fully saturated rings. The maximum atomic E-state index is 14.0.